The first-order valence-electron chi connectivity index (χ1n) is 6.95. The second kappa shape index (κ2) is 8.29. The van der Waals surface area contributed by atoms with Crippen LogP contribution in [-0.4, -0.2) is 32.0 Å². The maximum absolute atomic E-state index is 12.0. The number of hydrogen-bond acceptors (Lipinski definition) is 4. The van der Waals surface area contributed by atoms with E-state index >= 15 is 0 Å². The van der Waals surface area contributed by atoms with Gasteiger partial charge in [0, 0.05) is 5.92 Å². The van der Waals surface area contributed by atoms with Crippen molar-refractivity contribution in [2.45, 2.75) is 52.6 Å². The van der Waals surface area contributed by atoms with E-state index in [1.54, 1.807) is 0 Å². The lowest BCUT2D eigenvalue weighted by molar-refractivity contribution is -0.138. The fourth-order valence-corrected chi connectivity index (χ4v) is 2.06. The lowest BCUT2D eigenvalue weighted by Crippen LogP contribution is -2.30. The van der Waals surface area contributed by atoms with E-state index in [9.17, 15) is 9.59 Å². The predicted molar refractivity (Wildman–Crippen MR) is 72.8 cm³/mol. The van der Waals surface area contributed by atoms with E-state index in [0.29, 0.717) is 5.69 Å². The van der Waals surface area contributed by atoms with Crippen molar-refractivity contribution in [1.82, 2.24) is 20.3 Å². The van der Waals surface area contributed by atoms with Crippen molar-refractivity contribution in [3.8, 4) is 0 Å². The minimum atomic E-state index is -0.976. The van der Waals surface area contributed by atoms with Crippen LogP contribution in [0.5, 0.6) is 0 Å². The van der Waals surface area contributed by atoms with Crippen LogP contribution in [0, 0.1) is 5.92 Å². The summed E-state index contributed by atoms with van der Waals surface area (Å²) < 4.78 is 1.24. The second-order valence-electron chi connectivity index (χ2n) is 4.79. The quantitative estimate of drug-likeness (QED) is 0.709. The molecule has 0 spiro atoms. The number of amides is 1. The third kappa shape index (κ3) is 5.38. The summed E-state index contributed by atoms with van der Waals surface area (Å²) in [5.74, 6) is -0.906. The average molecular weight is 282 g/mol. The molecule has 0 aromatic carbocycles. The minimum absolute atomic E-state index is 0.0292. The van der Waals surface area contributed by atoms with Crippen LogP contribution in [0.2, 0.25) is 0 Å². The van der Waals surface area contributed by atoms with Crippen molar-refractivity contribution in [1.29, 1.82) is 0 Å². The summed E-state index contributed by atoms with van der Waals surface area (Å²) in [5, 5.41) is 19.0. The first kappa shape index (κ1) is 16.1. The number of carbonyl (C=O) groups is 2. The Kier molecular flexibility index (Phi) is 6.69. The Morgan fingerprint density at radius 3 is 2.55 bits per heavy atom. The van der Waals surface area contributed by atoms with Gasteiger partial charge in [0.2, 0.25) is 5.91 Å². The van der Waals surface area contributed by atoms with Crippen molar-refractivity contribution in [3.05, 3.63) is 11.9 Å². The minimum Gasteiger partial charge on any atom is -0.480 e. The lowest BCUT2D eigenvalue weighted by atomic mass is 9.97. The number of carboxylic acid groups (broad SMARTS) is 1. The fraction of sp³-hybridized carbons (Fsp3) is 0.692. The summed E-state index contributed by atoms with van der Waals surface area (Å²) in [6.07, 6.45) is 5.25. The predicted octanol–water partition coefficient (Wildman–Crippen LogP) is 1.20. The second-order valence-corrected chi connectivity index (χ2v) is 4.79. The lowest BCUT2D eigenvalue weighted by Gasteiger charge is -2.14. The molecule has 0 aliphatic heterocycles. The normalized spacial score (nSPS) is 10.8. The van der Waals surface area contributed by atoms with E-state index in [1.807, 2.05) is 0 Å². The van der Waals surface area contributed by atoms with Gasteiger partial charge in [0.15, 0.2) is 0 Å². The van der Waals surface area contributed by atoms with E-state index in [4.69, 9.17) is 5.11 Å². The highest BCUT2D eigenvalue weighted by Crippen LogP contribution is 2.13. The summed E-state index contributed by atoms with van der Waals surface area (Å²) in [5.41, 5.74) is 0.561. The molecule has 20 heavy (non-hydrogen) atoms. The molecule has 1 rings (SSSR count). The van der Waals surface area contributed by atoms with Gasteiger partial charge in [-0.05, 0) is 12.8 Å². The SMILES string of the molecule is CCCC(CCC)C(=O)NCc1cn(CC(=O)O)nn1. The monoisotopic (exact) mass is 282 g/mol. The van der Waals surface area contributed by atoms with Gasteiger partial charge in [-0.15, -0.1) is 5.10 Å². The first-order valence-corrected chi connectivity index (χ1v) is 6.95. The maximum Gasteiger partial charge on any atom is 0.325 e. The van der Waals surface area contributed by atoms with Gasteiger partial charge in [-0.25, -0.2) is 4.68 Å². The fourth-order valence-electron chi connectivity index (χ4n) is 2.06. The third-order valence-electron chi connectivity index (χ3n) is 2.97. The summed E-state index contributed by atoms with van der Waals surface area (Å²) in [4.78, 5) is 22.5. The number of carbonyl (C=O) groups excluding carboxylic acids is 1. The molecule has 7 heteroatoms. The van der Waals surface area contributed by atoms with Crippen LogP contribution in [0.3, 0.4) is 0 Å². The van der Waals surface area contributed by atoms with Gasteiger partial charge in [-0.3, -0.25) is 9.59 Å². The molecule has 0 aliphatic carbocycles. The van der Waals surface area contributed by atoms with Gasteiger partial charge < -0.3 is 10.4 Å². The largest absolute Gasteiger partial charge is 0.480 e. The molecule has 1 amide bonds. The zero-order valence-corrected chi connectivity index (χ0v) is 12.0. The van der Waals surface area contributed by atoms with Gasteiger partial charge in [0.1, 0.15) is 12.2 Å². The van der Waals surface area contributed by atoms with Crippen LogP contribution in [0.15, 0.2) is 6.20 Å². The molecule has 0 fully saturated rings. The molecule has 0 aliphatic rings. The Morgan fingerprint density at radius 1 is 1.35 bits per heavy atom. The Morgan fingerprint density at radius 2 is 2.00 bits per heavy atom. The molecular formula is C13H22N4O3. The van der Waals surface area contributed by atoms with E-state index in [1.165, 1.54) is 10.9 Å². The zero-order valence-electron chi connectivity index (χ0n) is 12.0. The van der Waals surface area contributed by atoms with Crippen molar-refractivity contribution >= 4 is 11.9 Å². The Labute approximate surface area is 118 Å². The van der Waals surface area contributed by atoms with Crippen LogP contribution >= 0.6 is 0 Å². The molecule has 0 unspecified atom stereocenters. The molecule has 2 N–H and O–H groups in total. The summed E-state index contributed by atoms with van der Waals surface area (Å²) in [6, 6.07) is 0. The van der Waals surface area contributed by atoms with Gasteiger partial charge in [-0.2, -0.15) is 0 Å². The Hall–Kier alpha value is -1.92. The number of nitrogens with one attached hydrogen (secondary N) is 1. The number of aliphatic carboxylic acids is 1. The smallest absolute Gasteiger partial charge is 0.325 e. The van der Waals surface area contributed by atoms with Crippen molar-refractivity contribution in [2.24, 2.45) is 5.92 Å². The Balaban J connectivity index is 2.46. The number of nitrogens with zero attached hydrogens (tertiary/aromatic N) is 3. The highest BCUT2D eigenvalue weighted by Gasteiger charge is 2.16. The van der Waals surface area contributed by atoms with E-state index < -0.39 is 5.97 Å². The summed E-state index contributed by atoms with van der Waals surface area (Å²) >= 11 is 0. The Bertz CT molecular complexity index is 439. The van der Waals surface area contributed by atoms with Crippen LogP contribution < -0.4 is 5.32 Å². The van der Waals surface area contributed by atoms with E-state index in [0.717, 1.165) is 25.7 Å². The first-order chi connectivity index (χ1) is 9.56. The third-order valence-corrected chi connectivity index (χ3v) is 2.97. The maximum atomic E-state index is 12.0. The molecule has 112 valence electrons. The molecule has 7 nitrogen and oxygen atoms in total. The van der Waals surface area contributed by atoms with Crippen LogP contribution in [0.4, 0.5) is 0 Å². The van der Waals surface area contributed by atoms with Gasteiger partial charge >= 0.3 is 5.97 Å². The molecule has 0 saturated heterocycles. The van der Waals surface area contributed by atoms with E-state index in [-0.39, 0.29) is 24.9 Å². The summed E-state index contributed by atoms with van der Waals surface area (Å²) in [6.45, 7) is 4.18. The number of hydrogen-bond donors (Lipinski definition) is 2. The molecule has 1 aromatic rings. The highest BCUT2D eigenvalue weighted by atomic mass is 16.4. The van der Waals surface area contributed by atoms with Crippen LogP contribution in [-0.2, 0) is 22.7 Å². The number of carboxylic acids is 1. The molecule has 0 atom stereocenters. The van der Waals surface area contributed by atoms with Crippen molar-refractivity contribution in [2.75, 3.05) is 0 Å². The highest BCUT2D eigenvalue weighted by molar-refractivity contribution is 5.78. The van der Waals surface area contributed by atoms with Crippen LogP contribution in [0.1, 0.15) is 45.2 Å². The molecule has 0 saturated carbocycles. The number of aromatic nitrogens is 3. The topological polar surface area (TPSA) is 97.1 Å². The molecule has 0 bridgehead atoms. The van der Waals surface area contributed by atoms with Crippen molar-refractivity contribution in [3.63, 3.8) is 0 Å². The molecule has 1 aromatic heterocycles. The standard InChI is InChI=1S/C13H22N4O3/c1-3-5-10(6-4-2)13(20)14-7-11-8-17(16-15-11)9-12(18)19/h8,10H,3-7,9H2,1-2H3,(H,14,20)(H,18,19). The van der Waals surface area contributed by atoms with Crippen molar-refractivity contribution < 1.29 is 14.7 Å². The molecule has 0 radical (unpaired) electrons. The van der Waals surface area contributed by atoms with Gasteiger partial charge in [-0.1, -0.05) is 31.9 Å². The van der Waals surface area contributed by atoms with Crippen LogP contribution in [0.25, 0.3) is 0 Å². The average Bonchev–Trinajstić information content (AvgIpc) is 2.82. The van der Waals surface area contributed by atoms with Gasteiger partial charge in [0.05, 0.1) is 12.7 Å². The molecular weight excluding hydrogens is 260 g/mol. The zero-order chi connectivity index (χ0) is 15.0. The summed E-state index contributed by atoms with van der Waals surface area (Å²) in [7, 11) is 0. The molecule has 1 heterocycles. The van der Waals surface area contributed by atoms with E-state index in [2.05, 4.69) is 29.5 Å². The number of rotatable bonds is 9. The van der Waals surface area contributed by atoms with Gasteiger partial charge in [0.25, 0.3) is 0 Å².